The van der Waals surface area contributed by atoms with Crippen molar-refractivity contribution in [3.63, 3.8) is 0 Å². The van der Waals surface area contributed by atoms with Crippen LogP contribution in [-0.4, -0.2) is 36.1 Å². The van der Waals surface area contributed by atoms with Gasteiger partial charge < -0.3 is 10.2 Å². The number of aliphatic carboxylic acids is 1. The Balaban J connectivity index is 2.33. The summed E-state index contributed by atoms with van der Waals surface area (Å²) in [5.41, 5.74) is -2.19. The van der Waals surface area contributed by atoms with Gasteiger partial charge in [0.2, 0.25) is 0 Å². The predicted molar refractivity (Wildman–Crippen MR) is 74.0 cm³/mol. The minimum atomic E-state index is -3.35. The molecular weight excluding hydrogens is 280 g/mol. The molecule has 0 spiro atoms. The number of benzene rings is 1. The predicted octanol–water partition coefficient (Wildman–Crippen LogP) is 1.17. The number of carboxylic acid groups (broad SMARTS) is 1. The van der Waals surface area contributed by atoms with Gasteiger partial charge in [0.15, 0.2) is 9.84 Å². The van der Waals surface area contributed by atoms with Gasteiger partial charge in [0.05, 0.1) is 22.5 Å². The molecule has 0 saturated carbocycles. The monoisotopic (exact) mass is 298 g/mol. The molecule has 2 unspecified atom stereocenters. The molecule has 1 aliphatic rings. The minimum absolute atomic E-state index is 0.0493. The Morgan fingerprint density at radius 2 is 1.95 bits per heavy atom. The lowest BCUT2D eigenvalue weighted by atomic mass is 9.75. The van der Waals surface area contributed by atoms with Crippen LogP contribution < -0.4 is 0 Å². The molecule has 6 heteroatoms. The van der Waals surface area contributed by atoms with Crippen LogP contribution in [0.15, 0.2) is 30.3 Å². The quantitative estimate of drug-likeness (QED) is 0.870. The highest BCUT2D eigenvalue weighted by molar-refractivity contribution is 7.91. The molecule has 0 aliphatic carbocycles. The Morgan fingerprint density at radius 1 is 1.35 bits per heavy atom. The second kappa shape index (κ2) is 4.86. The topological polar surface area (TPSA) is 91.7 Å². The number of sulfone groups is 1. The molecule has 0 aromatic heterocycles. The second-order valence-electron chi connectivity index (χ2n) is 5.74. The first kappa shape index (κ1) is 15.0. The molecule has 1 saturated heterocycles. The van der Waals surface area contributed by atoms with Crippen LogP contribution in [-0.2, 0) is 20.2 Å². The second-order valence-corrected chi connectivity index (χ2v) is 7.93. The summed E-state index contributed by atoms with van der Waals surface area (Å²) < 4.78 is 23.3. The molecule has 1 heterocycles. The summed E-state index contributed by atoms with van der Waals surface area (Å²) in [4.78, 5) is 11.5. The van der Waals surface area contributed by atoms with Crippen molar-refractivity contribution < 1.29 is 23.4 Å². The first-order valence-electron chi connectivity index (χ1n) is 6.39. The number of hydrogen-bond donors (Lipinski definition) is 2. The fourth-order valence-electron chi connectivity index (χ4n) is 2.86. The van der Waals surface area contributed by atoms with Gasteiger partial charge in [-0.15, -0.1) is 0 Å². The third-order valence-corrected chi connectivity index (χ3v) is 5.74. The molecule has 0 amide bonds. The molecule has 2 rings (SSSR count). The van der Waals surface area contributed by atoms with Crippen LogP contribution in [0.3, 0.4) is 0 Å². The summed E-state index contributed by atoms with van der Waals surface area (Å²) in [6.07, 6.45) is -0.0633. The van der Waals surface area contributed by atoms with Gasteiger partial charge in [-0.05, 0) is 25.3 Å². The van der Waals surface area contributed by atoms with E-state index in [2.05, 4.69) is 0 Å². The standard InChI is InChI=1S/C14H18O5S/c1-13(17,11-5-3-2-4-6-11)9-14(12(15)16)7-8-20(18,19)10-14/h2-6,17H,7-10H2,1H3,(H,15,16). The lowest BCUT2D eigenvalue weighted by molar-refractivity contribution is -0.151. The normalized spacial score (nSPS) is 27.9. The van der Waals surface area contributed by atoms with Gasteiger partial charge in [-0.2, -0.15) is 0 Å². The molecule has 0 bridgehead atoms. The van der Waals surface area contributed by atoms with Crippen molar-refractivity contribution in [1.29, 1.82) is 0 Å². The first-order valence-corrected chi connectivity index (χ1v) is 8.21. The highest BCUT2D eigenvalue weighted by Crippen LogP contribution is 2.42. The first-order chi connectivity index (χ1) is 9.17. The van der Waals surface area contributed by atoms with Gasteiger partial charge in [-0.25, -0.2) is 8.42 Å². The Morgan fingerprint density at radius 3 is 2.40 bits per heavy atom. The van der Waals surface area contributed by atoms with Crippen molar-refractivity contribution in [2.45, 2.75) is 25.4 Å². The molecule has 1 aromatic carbocycles. The Labute approximate surface area is 118 Å². The maximum absolute atomic E-state index is 11.6. The summed E-state index contributed by atoms with van der Waals surface area (Å²) in [5, 5.41) is 20.0. The molecule has 1 aromatic rings. The molecule has 20 heavy (non-hydrogen) atoms. The van der Waals surface area contributed by atoms with E-state index in [4.69, 9.17) is 0 Å². The van der Waals surface area contributed by atoms with Gasteiger partial charge in [0.1, 0.15) is 0 Å². The van der Waals surface area contributed by atoms with Gasteiger partial charge in [0, 0.05) is 0 Å². The molecule has 2 atom stereocenters. The third kappa shape index (κ3) is 2.86. The van der Waals surface area contributed by atoms with Crippen molar-refractivity contribution in [2.75, 3.05) is 11.5 Å². The zero-order chi connectivity index (χ0) is 15.0. The summed E-state index contributed by atoms with van der Waals surface area (Å²) in [5.74, 6) is -1.70. The summed E-state index contributed by atoms with van der Waals surface area (Å²) in [7, 11) is -3.35. The largest absolute Gasteiger partial charge is 0.481 e. The zero-order valence-electron chi connectivity index (χ0n) is 11.2. The van der Waals surface area contributed by atoms with E-state index in [1.807, 2.05) is 0 Å². The Kier molecular flexibility index (Phi) is 3.64. The maximum atomic E-state index is 11.6. The fraction of sp³-hybridized carbons (Fsp3) is 0.500. The van der Waals surface area contributed by atoms with E-state index in [1.54, 1.807) is 30.3 Å². The van der Waals surface area contributed by atoms with E-state index in [9.17, 15) is 23.4 Å². The molecule has 1 fully saturated rings. The van der Waals surface area contributed by atoms with Crippen LogP contribution >= 0.6 is 0 Å². The average molecular weight is 298 g/mol. The summed E-state index contributed by atoms with van der Waals surface area (Å²) >= 11 is 0. The van der Waals surface area contributed by atoms with E-state index in [0.29, 0.717) is 5.56 Å². The van der Waals surface area contributed by atoms with Crippen molar-refractivity contribution in [3.8, 4) is 0 Å². The van der Waals surface area contributed by atoms with Crippen molar-refractivity contribution in [1.82, 2.24) is 0 Å². The summed E-state index contributed by atoms with van der Waals surface area (Å²) in [6, 6.07) is 8.72. The van der Waals surface area contributed by atoms with Crippen LogP contribution in [0.5, 0.6) is 0 Å². The van der Waals surface area contributed by atoms with Crippen LogP contribution in [0.25, 0.3) is 0 Å². The van der Waals surface area contributed by atoms with E-state index >= 15 is 0 Å². The molecule has 5 nitrogen and oxygen atoms in total. The van der Waals surface area contributed by atoms with E-state index in [-0.39, 0.29) is 18.6 Å². The van der Waals surface area contributed by atoms with Crippen molar-refractivity contribution in [2.24, 2.45) is 5.41 Å². The van der Waals surface area contributed by atoms with Crippen molar-refractivity contribution >= 4 is 15.8 Å². The van der Waals surface area contributed by atoms with E-state index in [1.165, 1.54) is 6.92 Å². The van der Waals surface area contributed by atoms with Crippen molar-refractivity contribution in [3.05, 3.63) is 35.9 Å². The smallest absolute Gasteiger partial charge is 0.310 e. The molecular formula is C14H18O5S. The van der Waals surface area contributed by atoms with Gasteiger partial charge in [-0.1, -0.05) is 30.3 Å². The minimum Gasteiger partial charge on any atom is -0.481 e. The fourth-order valence-corrected chi connectivity index (χ4v) is 4.92. The molecule has 110 valence electrons. The molecule has 1 aliphatic heterocycles. The number of aliphatic hydroxyl groups is 1. The highest BCUT2D eigenvalue weighted by Gasteiger charge is 2.51. The van der Waals surface area contributed by atoms with Crippen LogP contribution in [0.2, 0.25) is 0 Å². The lowest BCUT2D eigenvalue weighted by Crippen LogP contribution is -2.39. The number of hydrogen-bond acceptors (Lipinski definition) is 4. The van der Waals surface area contributed by atoms with Gasteiger partial charge in [-0.3, -0.25) is 4.79 Å². The molecule has 0 radical (unpaired) electrons. The number of rotatable bonds is 4. The van der Waals surface area contributed by atoms with E-state index < -0.39 is 32.6 Å². The highest BCUT2D eigenvalue weighted by atomic mass is 32.2. The van der Waals surface area contributed by atoms with E-state index in [0.717, 1.165) is 0 Å². The van der Waals surface area contributed by atoms with Crippen LogP contribution in [0.1, 0.15) is 25.3 Å². The van der Waals surface area contributed by atoms with Gasteiger partial charge >= 0.3 is 5.97 Å². The number of carboxylic acids is 1. The Hall–Kier alpha value is -1.40. The SMILES string of the molecule is CC(O)(CC1(C(=O)O)CCS(=O)(=O)C1)c1ccccc1. The number of carbonyl (C=O) groups is 1. The maximum Gasteiger partial charge on any atom is 0.310 e. The molecule has 2 N–H and O–H groups in total. The van der Waals surface area contributed by atoms with Crippen LogP contribution in [0.4, 0.5) is 0 Å². The van der Waals surface area contributed by atoms with Crippen LogP contribution in [0, 0.1) is 5.41 Å². The average Bonchev–Trinajstić information content (AvgIpc) is 2.66. The third-order valence-electron chi connectivity index (χ3n) is 3.92. The zero-order valence-corrected chi connectivity index (χ0v) is 12.1. The van der Waals surface area contributed by atoms with Gasteiger partial charge in [0.25, 0.3) is 0 Å². The lowest BCUT2D eigenvalue weighted by Gasteiger charge is -2.32. The summed E-state index contributed by atoms with van der Waals surface area (Å²) in [6.45, 7) is 1.53. The Bertz CT molecular complexity index is 606.